The molecule has 1 aliphatic rings. The number of benzene rings is 1. The Labute approximate surface area is 98.5 Å². The number of nitrogens with zero attached hydrogens (tertiary/aromatic N) is 1. The van der Waals surface area contributed by atoms with Crippen LogP contribution in [0.1, 0.15) is 18.9 Å². The minimum Gasteiger partial charge on any atom is -0.390 e. The highest BCUT2D eigenvalue weighted by atomic mass is 19.1. The maximum Gasteiger partial charge on any atom is 0.217 e. The number of hydrogen-bond donors (Lipinski definition) is 1. The quantitative estimate of drug-likeness (QED) is 0.863. The minimum absolute atomic E-state index is 0.0937. The van der Waals surface area contributed by atoms with Gasteiger partial charge >= 0.3 is 0 Å². The Balaban J connectivity index is 1.93. The van der Waals surface area contributed by atoms with E-state index in [0.717, 1.165) is 11.3 Å². The first kappa shape index (κ1) is 11.6. The number of oxime groups is 1. The Hall–Kier alpha value is -1.91. The predicted molar refractivity (Wildman–Crippen MR) is 61.1 cm³/mol. The minimum atomic E-state index is -0.275. The highest BCUT2D eigenvalue weighted by Gasteiger charge is 2.22. The van der Waals surface area contributed by atoms with Crippen molar-refractivity contribution in [2.75, 3.05) is 6.54 Å². The average Bonchev–Trinajstić information content (AvgIpc) is 2.76. The van der Waals surface area contributed by atoms with Gasteiger partial charge in [0.05, 0.1) is 12.3 Å². The molecule has 1 aromatic rings. The van der Waals surface area contributed by atoms with Crippen LogP contribution in [-0.4, -0.2) is 24.3 Å². The van der Waals surface area contributed by atoms with Crippen molar-refractivity contribution >= 4 is 11.6 Å². The molecule has 0 radical (unpaired) electrons. The van der Waals surface area contributed by atoms with Crippen molar-refractivity contribution in [1.29, 1.82) is 0 Å². The molecule has 0 saturated carbocycles. The molecule has 1 heterocycles. The van der Waals surface area contributed by atoms with Crippen LogP contribution in [-0.2, 0) is 9.63 Å². The first-order valence-electron chi connectivity index (χ1n) is 5.38. The van der Waals surface area contributed by atoms with Crippen LogP contribution in [0.15, 0.2) is 29.4 Å². The number of carbonyl (C=O) groups is 1. The zero-order chi connectivity index (χ0) is 12.3. The second-order valence-corrected chi connectivity index (χ2v) is 3.91. The molecule has 1 N–H and O–H groups in total. The lowest BCUT2D eigenvalue weighted by molar-refractivity contribution is -0.119. The van der Waals surface area contributed by atoms with Crippen molar-refractivity contribution in [3.05, 3.63) is 35.6 Å². The zero-order valence-corrected chi connectivity index (χ0v) is 9.44. The fourth-order valence-corrected chi connectivity index (χ4v) is 1.61. The summed E-state index contributed by atoms with van der Waals surface area (Å²) in [5.41, 5.74) is 1.62. The number of nitrogens with one attached hydrogen (secondary N) is 1. The van der Waals surface area contributed by atoms with Gasteiger partial charge in [0.1, 0.15) is 11.9 Å². The van der Waals surface area contributed by atoms with E-state index in [1.165, 1.54) is 19.1 Å². The normalized spacial score (nSPS) is 18.5. The van der Waals surface area contributed by atoms with E-state index in [9.17, 15) is 9.18 Å². The van der Waals surface area contributed by atoms with Crippen molar-refractivity contribution in [2.45, 2.75) is 19.4 Å². The molecule has 1 atom stereocenters. The average molecular weight is 236 g/mol. The number of amides is 1. The molecule has 90 valence electrons. The van der Waals surface area contributed by atoms with Crippen molar-refractivity contribution in [3.8, 4) is 0 Å². The molecule has 2 rings (SSSR count). The summed E-state index contributed by atoms with van der Waals surface area (Å²) < 4.78 is 12.7. The monoisotopic (exact) mass is 236 g/mol. The molecular weight excluding hydrogens is 223 g/mol. The van der Waals surface area contributed by atoms with Crippen molar-refractivity contribution in [1.82, 2.24) is 5.32 Å². The largest absolute Gasteiger partial charge is 0.390 e. The SMILES string of the molecule is CC(=O)NC[C@H]1CC(c2ccc(F)cc2)=NO1. The summed E-state index contributed by atoms with van der Waals surface area (Å²) >= 11 is 0. The summed E-state index contributed by atoms with van der Waals surface area (Å²) in [6, 6.07) is 6.11. The van der Waals surface area contributed by atoms with Gasteiger partial charge in [-0.05, 0) is 17.7 Å². The van der Waals surface area contributed by atoms with Gasteiger partial charge in [-0.1, -0.05) is 17.3 Å². The third kappa shape index (κ3) is 3.03. The van der Waals surface area contributed by atoms with Gasteiger partial charge in [0, 0.05) is 13.3 Å². The highest BCUT2D eigenvalue weighted by molar-refractivity contribution is 6.01. The fraction of sp³-hybridized carbons (Fsp3) is 0.333. The molecule has 0 spiro atoms. The first-order chi connectivity index (χ1) is 8.15. The van der Waals surface area contributed by atoms with Gasteiger partial charge < -0.3 is 10.2 Å². The number of carbonyl (C=O) groups excluding carboxylic acids is 1. The van der Waals surface area contributed by atoms with Crippen LogP contribution in [0.4, 0.5) is 4.39 Å². The van der Waals surface area contributed by atoms with Gasteiger partial charge in [-0.15, -0.1) is 0 Å². The zero-order valence-electron chi connectivity index (χ0n) is 9.44. The van der Waals surface area contributed by atoms with Crippen LogP contribution in [0, 0.1) is 5.82 Å². The molecule has 0 aromatic heterocycles. The summed E-state index contributed by atoms with van der Waals surface area (Å²) in [4.78, 5) is 15.9. The van der Waals surface area contributed by atoms with E-state index < -0.39 is 0 Å². The van der Waals surface area contributed by atoms with Crippen LogP contribution in [0.25, 0.3) is 0 Å². The van der Waals surface area contributed by atoms with Crippen LogP contribution < -0.4 is 5.32 Å². The molecule has 4 nitrogen and oxygen atoms in total. The smallest absolute Gasteiger partial charge is 0.217 e. The Morgan fingerprint density at radius 1 is 1.53 bits per heavy atom. The summed E-state index contributed by atoms with van der Waals surface area (Å²) in [5.74, 6) is -0.369. The second kappa shape index (κ2) is 4.95. The Morgan fingerprint density at radius 2 is 2.24 bits per heavy atom. The van der Waals surface area contributed by atoms with Gasteiger partial charge in [0.2, 0.25) is 5.91 Å². The van der Waals surface area contributed by atoms with Gasteiger partial charge in [0.25, 0.3) is 0 Å². The maximum absolute atomic E-state index is 12.7. The van der Waals surface area contributed by atoms with Crippen LogP contribution in [0.5, 0.6) is 0 Å². The van der Waals surface area contributed by atoms with Gasteiger partial charge in [-0.25, -0.2) is 4.39 Å². The molecule has 0 unspecified atom stereocenters. The molecule has 5 heteroatoms. The fourth-order valence-electron chi connectivity index (χ4n) is 1.61. The van der Waals surface area contributed by atoms with E-state index in [2.05, 4.69) is 10.5 Å². The van der Waals surface area contributed by atoms with Crippen molar-refractivity contribution in [3.63, 3.8) is 0 Å². The maximum atomic E-state index is 12.7. The van der Waals surface area contributed by atoms with E-state index in [0.29, 0.717) is 13.0 Å². The number of rotatable bonds is 3. The Bertz CT molecular complexity index is 442. The third-order valence-corrected chi connectivity index (χ3v) is 2.49. The van der Waals surface area contributed by atoms with Crippen LogP contribution in [0.3, 0.4) is 0 Å². The van der Waals surface area contributed by atoms with Gasteiger partial charge in [-0.2, -0.15) is 0 Å². The lowest BCUT2D eigenvalue weighted by Crippen LogP contribution is -2.30. The van der Waals surface area contributed by atoms with Gasteiger partial charge in [-0.3, -0.25) is 4.79 Å². The number of halogens is 1. The third-order valence-electron chi connectivity index (χ3n) is 2.49. The van der Waals surface area contributed by atoms with E-state index in [4.69, 9.17) is 4.84 Å². The van der Waals surface area contributed by atoms with E-state index in [-0.39, 0.29) is 17.8 Å². The molecule has 17 heavy (non-hydrogen) atoms. The summed E-state index contributed by atoms with van der Waals surface area (Å²) in [5, 5.41) is 6.61. The van der Waals surface area contributed by atoms with E-state index >= 15 is 0 Å². The summed E-state index contributed by atoms with van der Waals surface area (Å²) in [6.45, 7) is 1.89. The molecule has 0 aliphatic carbocycles. The first-order valence-corrected chi connectivity index (χ1v) is 5.38. The van der Waals surface area contributed by atoms with Crippen molar-refractivity contribution < 1.29 is 14.0 Å². The van der Waals surface area contributed by atoms with Crippen LogP contribution in [0.2, 0.25) is 0 Å². The number of hydrogen-bond acceptors (Lipinski definition) is 3. The molecule has 0 saturated heterocycles. The molecule has 0 fully saturated rings. The Kier molecular flexibility index (Phi) is 3.37. The molecule has 1 amide bonds. The van der Waals surface area contributed by atoms with Crippen LogP contribution >= 0.6 is 0 Å². The van der Waals surface area contributed by atoms with Gasteiger partial charge in [0.15, 0.2) is 0 Å². The molecule has 1 aromatic carbocycles. The lowest BCUT2D eigenvalue weighted by atomic mass is 10.1. The topological polar surface area (TPSA) is 50.7 Å². The molecular formula is C12H13FN2O2. The standard InChI is InChI=1S/C12H13FN2O2/c1-8(16)14-7-11-6-12(15-17-11)9-2-4-10(13)5-3-9/h2-5,11H,6-7H2,1H3,(H,14,16)/t11-/m1/s1. The lowest BCUT2D eigenvalue weighted by Gasteiger charge is -2.07. The molecule has 1 aliphatic heterocycles. The highest BCUT2D eigenvalue weighted by Crippen LogP contribution is 2.16. The molecule has 0 bridgehead atoms. The Morgan fingerprint density at radius 3 is 2.88 bits per heavy atom. The van der Waals surface area contributed by atoms with E-state index in [1.807, 2.05) is 0 Å². The predicted octanol–water partition coefficient (Wildman–Crippen LogP) is 1.45. The van der Waals surface area contributed by atoms with Crippen molar-refractivity contribution in [2.24, 2.45) is 5.16 Å². The summed E-state index contributed by atoms with van der Waals surface area (Å²) in [6.07, 6.45) is 0.477. The second-order valence-electron chi connectivity index (χ2n) is 3.91. The summed E-state index contributed by atoms with van der Waals surface area (Å²) in [7, 11) is 0. The van der Waals surface area contributed by atoms with E-state index in [1.54, 1.807) is 12.1 Å².